The number of aliphatic hydroxyl groups is 1. The molecule has 1 saturated heterocycles. The third kappa shape index (κ3) is 8.72. The van der Waals surface area contributed by atoms with Crippen LogP contribution in [0.25, 0.3) is 22.4 Å². The number of anilines is 1. The molecule has 1 aromatic heterocycles. The van der Waals surface area contributed by atoms with Gasteiger partial charge in [-0.1, -0.05) is 49.2 Å². The van der Waals surface area contributed by atoms with Crippen LogP contribution in [-0.4, -0.2) is 64.8 Å². The van der Waals surface area contributed by atoms with Crippen LogP contribution in [0, 0.1) is 6.92 Å². The molecule has 4 N–H and O–H groups in total. The Morgan fingerprint density at radius 3 is 2.53 bits per heavy atom. The van der Waals surface area contributed by atoms with E-state index in [9.17, 15) is 9.90 Å². The summed E-state index contributed by atoms with van der Waals surface area (Å²) < 4.78 is 2.36. The summed E-state index contributed by atoms with van der Waals surface area (Å²) in [5.41, 5.74) is 13.3. The predicted octanol–water partition coefficient (Wildman–Crippen LogP) is 5.80. The van der Waals surface area contributed by atoms with Gasteiger partial charge in [-0.15, -0.1) is 0 Å². The van der Waals surface area contributed by atoms with Gasteiger partial charge in [-0.05, 0) is 99.8 Å². The second-order valence-corrected chi connectivity index (χ2v) is 12.4. The van der Waals surface area contributed by atoms with Crippen LogP contribution in [0.5, 0.6) is 0 Å². The smallest absolute Gasteiger partial charge is 0.219 e. The summed E-state index contributed by atoms with van der Waals surface area (Å²) in [7, 11) is 0. The van der Waals surface area contributed by atoms with Crippen molar-refractivity contribution in [3.05, 3.63) is 83.4 Å². The Morgan fingerprint density at radius 1 is 1.02 bits per heavy atom. The van der Waals surface area contributed by atoms with Gasteiger partial charge < -0.3 is 30.5 Å². The highest BCUT2D eigenvalue weighted by Gasteiger charge is 2.19. The first kappa shape index (κ1) is 32.7. The van der Waals surface area contributed by atoms with Gasteiger partial charge in [0.05, 0.1) is 17.6 Å². The van der Waals surface area contributed by atoms with Gasteiger partial charge in [0.15, 0.2) is 0 Å². The van der Waals surface area contributed by atoms with Crippen LogP contribution in [0.2, 0.25) is 0 Å². The first-order chi connectivity index (χ1) is 21.9. The topological polar surface area (TPSA) is 99.6 Å². The van der Waals surface area contributed by atoms with Crippen LogP contribution in [-0.2, 0) is 17.9 Å². The standard InChI is InChI=1S/C37H50N6O2/c1-3-17-42(22-23-44)32-14-11-30(12-15-32)37-40-34-25-31(33(26-36(38)45)39-27-29-10-7-9-28(2)24-29)13-16-35(34)43(37)21-8-20-41-18-5-4-6-19-41/h7,9-16,24-25,33,39,44H,3-6,8,17-23,26-27H2,1-2H3,(H2,38,45). The molecule has 2 heterocycles. The second-order valence-electron chi connectivity index (χ2n) is 12.4. The lowest BCUT2D eigenvalue weighted by Gasteiger charge is -2.26. The van der Waals surface area contributed by atoms with E-state index in [1.807, 2.05) is 0 Å². The molecule has 45 heavy (non-hydrogen) atoms. The zero-order chi connectivity index (χ0) is 31.6. The number of carbonyl (C=O) groups excluding carboxylic acids is 1. The number of amides is 1. The van der Waals surface area contributed by atoms with E-state index in [1.165, 1.54) is 43.5 Å². The Balaban J connectivity index is 1.44. The van der Waals surface area contributed by atoms with E-state index in [0.29, 0.717) is 13.1 Å². The van der Waals surface area contributed by atoms with Gasteiger partial charge in [0.25, 0.3) is 0 Å². The number of carbonyl (C=O) groups is 1. The number of nitrogens with two attached hydrogens (primary N) is 1. The number of aryl methyl sites for hydroxylation is 2. The Bertz CT molecular complexity index is 1520. The number of hydrogen-bond donors (Lipinski definition) is 3. The molecule has 0 spiro atoms. The normalized spacial score (nSPS) is 14.6. The second kappa shape index (κ2) is 16.0. The summed E-state index contributed by atoms with van der Waals surface area (Å²) in [5.74, 6) is 0.620. The number of primary amides is 1. The number of aromatic nitrogens is 2. The number of piperidine rings is 1. The minimum atomic E-state index is -0.334. The monoisotopic (exact) mass is 610 g/mol. The van der Waals surface area contributed by atoms with E-state index in [0.717, 1.165) is 66.1 Å². The van der Waals surface area contributed by atoms with Crippen molar-refractivity contribution < 1.29 is 9.90 Å². The van der Waals surface area contributed by atoms with Gasteiger partial charge in [0.2, 0.25) is 5.91 Å². The molecule has 4 aromatic rings. The molecule has 1 amide bonds. The van der Waals surface area contributed by atoms with Gasteiger partial charge >= 0.3 is 0 Å². The number of imidazole rings is 1. The van der Waals surface area contributed by atoms with Gasteiger partial charge in [0.1, 0.15) is 5.82 Å². The molecule has 3 aromatic carbocycles. The zero-order valence-electron chi connectivity index (χ0n) is 27.0. The SMILES string of the molecule is CCCN(CCO)c1ccc(-c2nc3cc(C(CC(N)=O)NCc4cccc(C)c4)ccc3n2CCCN2CCCCC2)cc1. The summed E-state index contributed by atoms with van der Waals surface area (Å²) in [6.45, 7) is 10.9. The summed E-state index contributed by atoms with van der Waals surface area (Å²) in [6.07, 6.45) is 6.23. The Hall–Kier alpha value is -3.72. The molecule has 0 aliphatic carbocycles. The number of fused-ring (bicyclic) bond motifs is 1. The lowest BCUT2D eigenvalue weighted by atomic mass is 10.0. The largest absolute Gasteiger partial charge is 0.395 e. The fraction of sp³-hybridized carbons (Fsp3) is 0.459. The van der Waals surface area contributed by atoms with Gasteiger partial charge in [-0.3, -0.25) is 4.79 Å². The van der Waals surface area contributed by atoms with Crippen molar-refractivity contribution in [3.8, 4) is 11.4 Å². The van der Waals surface area contributed by atoms with Gasteiger partial charge in [0, 0.05) is 49.9 Å². The first-order valence-electron chi connectivity index (χ1n) is 16.7. The molecule has 1 atom stereocenters. The summed E-state index contributed by atoms with van der Waals surface area (Å²) in [6, 6.07) is 23.2. The van der Waals surface area contributed by atoms with Crippen LogP contribution in [0.1, 0.15) is 68.2 Å². The van der Waals surface area contributed by atoms with Crippen molar-refractivity contribution in [2.75, 3.05) is 44.2 Å². The highest BCUT2D eigenvalue weighted by atomic mass is 16.3. The molecule has 8 nitrogen and oxygen atoms in total. The molecule has 1 aliphatic heterocycles. The molecule has 1 fully saturated rings. The lowest BCUT2D eigenvalue weighted by Crippen LogP contribution is -2.31. The molecule has 0 bridgehead atoms. The fourth-order valence-electron chi connectivity index (χ4n) is 6.60. The quantitative estimate of drug-likeness (QED) is 0.148. The minimum Gasteiger partial charge on any atom is -0.395 e. The van der Waals surface area contributed by atoms with Crippen molar-refractivity contribution in [1.82, 2.24) is 19.8 Å². The molecule has 240 valence electrons. The number of hydrogen-bond acceptors (Lipinski definition) is 6. The van der Waals surface area contributed by atoms with Crippen molar-refractivity contribution in [2.45, 2.75) is 71.5 Å². The molecule has 1 aliphatic rings. The van der Waals surface area contributed by atoms with E-state index in [-0.39, 0.29) is 25.0 Å². The van der Waals surface area contributed by atoms with Crippen LogP contribution >= 0.6 is 0 Å². The number of likely N-dealkylation sites (tertiary alicyclic amines) is 1. The first-order valence-corrected chi connectivity index (χ1v) is 16.7. The minimum absolute atomic E-state index is 0.132. The Labute approximate surface area is 268 Å². The van der Waals surface area contributed by atoms with E-state index in [1.54, 1.807) is 0 Å². The molecular formula is C37H50N6O2. The summed E-state index contributed by atoms with van der Waals surface area (Å²) in [5, 5.41) is 13.1. The maximum atomic E-state index is 12.1. The average molecular weight is 611 g/mol. The van der Waals surface area contributed by atoms with Gasteiger partial charge in [-0.25, -0.2) is 4.98 Å². The van der Waals surface area contributed by atoms with Crippen molar-refractivity contribution in [1.29, 1.82) is 0 Å². The Morgan fingerprint density at radius 2 is 1.82 bits per heavy atom. The number of benzene rings is 3. The molecule has 0 radical (unpaired) electrons. The van der Waals surface area contributed by atoms with E-state index >= 15 is 0 Å². The van der Waals surface area contributed by atoms with Crippen molar-refractivity contribution >= 4 is 22.6 Å². The van der Waals surface area contributed by atoms with Crippen LogP contribution in [0.4, 0.5) is 5.69 Å². The maximum absolute atomic E-state index is 12.1. The number of nitrogens with zero attached hydrogens (tertiary/aromatic N) is 4. The van der Waals surface area contributed by atoms with E-state index < -0.39 is 0 Å². The zero-order valence-corrected chi connectivity index (χ0v) is 27.0. The van der Waals surface area contributed by atoms with Crippen LogP contribution in [0.3, 0.4) is 0 Å². The summed E-state index contributed by atoms with van der Waals surface area (Å²) >= 11 is 0. The number of nitrogens with one attached hydrogen (secondary N) is 1. The summed E-state index contributed by atoms with van der Waals surface area (Å²) in [4.78, 5) is 22.1. The predicted molar refractivity (Wildman–Crippen MR) is 184 cm³/mol. The average Bonchev–Trinajstić information content (AvgIpc) is 3.41. The highest BCUT2D eigenvalue weighted by molar-refractivity contribution is 5.82. The van der Waals surface area contributed by atoms with Crippen LogP contribution in [0.15, 0.2) is 66.7 Å². The third-order valence-corrected chi connectivity index (χ3v) is 8.87. The van der Waals surface area contributed by atoms with Crippen molar-refractivity contribution in [3.63, 3.8) is 0 Å². The highest BCUT2D eigenvalue weighted by Crippen LogP contribution is 2.30. The van der Waals surface area contributed by atoms with E-state index in [2.05, 4.69) is 100 Å². The molecule has 1 unspecified atom stereocenters. The fourth-order valence-corrected chi connectivity index (χ4v) is 6.60. The Kier molecular flexibility index (Phi) is 11.6. The third-order valence-electron chi connectivity index (χ3n) is 8.87. The molecular weight excluding hydrogens is 560 g/mol. The molecule has 5 rings (SSSR count). The van der Waals surface area contributed by atoms with Crippen LogP contribution < -0.4 is 16.0 Å². The van der Waals surface area contributed by atoms with Gasteiger partial charge in [-0.2, -0.15) is 0 Å². The maximum Gasteiger partial charge on any atom is 0.219 e. The number of aliphatic hydroxyl groups excluding tert-OH is 1. The molecule has 8 heteroatoms. The van der Waals surface area contributed by atoms with Crippen molar-refractivity contribution in [2.24, 2.45) is 5.73 Å². The number of rotatable bonds is 16. The van der Waals surface area contributed by atoms with E-state index in [4.69, 9.17) is 10.7 Å². The molecule has 0 saturated carbocycles. The lowest BCUT2D eigenvalue weighted by molar-refractivity contribution is -0.118.